The second-order valence-electron chi connectivity index (χ2n) is 8.87. The third-order valence-electron chi connectivity index (χ3n) is 6.00. The van der Waals surface area contributed by atoms with Crippen LogP contribution in [0.1, 0.15) is 142 Å². The monoisotopic (exact) mass is 472 g/mol. The van der Waals surface area contributed by atoms with Crippen molar-refractivity contribution < 1.29 is 69.5 Å². The van der Waals surface area contributed by atoms with Crippen molar-refractivity contribution in [3.05, 3.63) is 0 Å². The first-order chi connectivity index (χ1) is 13.9. The molecule has 0 aromatic rings. The zero-order valence-corrected chi connectivity index (χ0v) is 24.3. The van der Waals surface area contributed by atoms with Crippen LogP contribution in [0.15, 0.2) is 0 Å². The first-order valence-electron chi connectivity index (χ1n) is 12.5. The summed E-state index contributed by atoms with van der Waals surface area (Å²) >= 11 is 0. The summed E-state index contributed by atoms with van der Waals surface area (Å²) < 4.78 is 34.7. The van der Waals surface area contributed by atoms with Crippen LogP contribution in [0, 0.1) is 0 Å². The van der Waals surface area contributed by atoms with Crippen LogP contribution in [0.5, 0.6) is 0 Å². The molecule has 4 nitrogen and oxygen atoms in total. The standard InChI is InChI=1S/C24H50O4S.K/c1-3-5-7-9-11-12-13-14-16-18-20-24(29(26,27)28)22-21-23(25)19-17-15-10-8-6-4-2;/h23-25H,3-22H2,1-2H3,(H,26,27,28);/q;+1/p-1. The summed E-state index contributed by atoms with van der Waals surface area (Å²) in [6.07, 6.45) is 20.5. The van der Waals surface area contributed by atoms with E-state index in [1.54, 1.807) is 0 Å². The van der Waals surface area contributed by atoms with Gasteiger partial charge in [0.2, 0.25) is 0 Å². The van der Waals surface area contributed by atoms with Crippen molar-refractivity contribution in [3.8, 4) is 0 Å². The van der Waals surface area contributed by atoms with E-state index >= 15 is 0 Å². The molecule has 0 aliphatic heterocycles. The van der Waals surface area contributed by atoms with Gasteiger partial charge in [-0.25, -0.2) is 8.42 Å². The molecule has 0 amide bonds. The Bertz CT molecular complexity index is 442. The molecule has 30 heavy (non-hydrogen) atoms. The van der Waals surface area contributed by atoms with Gasteiger partial charge >= 0.3 is 51.4 Å². The summed E-state index contributed by atoms with van der Waals surface area (Å²) in [5, 5.41) is 9.29. The molecule has 0 aliphatic carbocycles. The van der Waals surface area contributed by atoms with Crippen molar-refractivity contribution in [2.75, 3.05) is 0 Å². The van der Waals surface area contributed by atoms with Crippen molar-refractivity contribution in [3.63, 3.8) is 0 Å². The van der Waals surface area contributed by atoms with Gasteiger partial charge in [-0.1, -0.05) is 117 Å². The molecule has 2 unspecified atom stereocenters. The number of aliphatic hydroxyl groups excluding tert-OH is 1. The maximum atomic E-state index is 11.6. The molecule has 6 heteroatoms. The second-order valence-corrected chi connectivity index (χ2v) is 10.5. The molecule has 0 aromatic heterocycles. The van der Waals surface area contributed by atoms with E-state index < -0.39 is 21.5 Å². The summed E-state index contributed by atoms with van der Waals surface area (Å²) in [6, 6.07) is 0. The fourth-order valence-corrected chi connectivity index (χ4v) is 4.86. The summed E-state index contributed by atoms with van der Waals surface area (Å²) in [7, 11) is -4.27. The van der Waals surface area contributed by atoms with Crippen LogP contribution >= 0.6 is 0 Å². The fourth-order valence-electron chi connectivity index (χ4n) is 3.98. The second kappa shape index (κ2) is 23.7. The van der Waals surface area contributed by atoms with Crippen molar-refractivity contribution in [1.29, 1.82) is 0 Å². The van der Waals surface area contributed by atoms with Crippen molar-refractivity contribution >= 4 is 10.1 Å². The minimum absolute atomic E-state index is 0. The van der Waals surface area contributed by atoms with Gasteiger partial charge in [-0.2, -0.15) is 0 Å². The molecule has 0 radical (unpaired) electrons. The molecule has 0 aromatic carbocycles. The molecule has 0 saturated carbocycles. The predicted molar refractivity (Wildman–Crippen MR) is 123 cm³/mol. The molecule has 0 aliphatic rings. The zero-order valence-electron chi connectivity index (χ0n) is 20.4. The Kier molecular flexibility index (Phi) is 26.6. The molecule has 0 saturated heterocycles. The Hall–Kier alpha value is 1.51. The minimum Gasteiger partial charge on any atom is -0.748 e. The van der Waals surface area contributed by atoms with Crippen LogP contribution in [0.2, 0.25) is 0 Å². The Labute approximate surface area is 230 Å². The summed E-state index contributed by atoms with van der Waals surface area (Å²) in [5.41, 5.74) is 0. The normalized spacial score (nSPS) is 13.7. The average Bonchev–Trinajstić information content (AvgIpc) is 2.67. The van der Waals surface area contributed by atoms with E-state index in [4.69, 9.17) is 0 Å². The zero-order chi connectivity index (χ0) is 21.8. The van der Waals surface area contributed by atoms with Crippen LogP contribution < -0.4 is 51.4 Å². The van der Waals surface area contributed by atoms with E-state index in [0.29, 0.717) is 19.3 Å². The molecule has 0 bridgehead atoms. The quantitative estimate of drug-likeness (QED) is 0.146. The number of hydrogen-bond donors (Lipinski definition) is 1. The molecular weight excluding hydrogens is 423 g/mol. The van der Waals surface area contributed by atoms with Gasteiger partial charge in [-0.05, 0) is 25.7 Å². The SMILES string of the molecule is CCCCCCCCCCCCC(CCC(O)CCCCCCCC)S(=O)(=O)[O-].[K+]. The summed E-state index contributed by atoms with van der Waals surface area (Å²) in [6.45, 7) is 4.42. The largest absolute Gasteiger partial charge is 1.00 e. The topological polar surface area (TPSA) is 77.4 Å². The van der Waals surface area contributed by atoms with E-state index in [1.807, 2.05) is 0 Å². The van der Waals surface area contributed by atoms with Gasteiger partial charge in [-0.15, -0.1) is 0 Å². The summed E-state index contributed by atoms with van der Waals surface area (Å²) in [5.74, 6) is 0. The summed E-state index contributed by atoms with van der Waals surface area (Å²) in [4.78, 5) is 0. The smallest absolute Gasteiger partial charge is 0.748 e. The molecule has 0 heterocycles. The van der Waals surface area contributed by atoms with E-state index in [0.717, 1.165) is 38.5 Å². The molecule has 176 valence electrons. The van der Waals surface area contributed by atoms with Crippen molar-refractivity contribution in [2.45, 2.75) is 154 Å². The molecule has 0 spiro atoms. The number of hydrogen-bond acceptors (Lipinski definition) is 4. The van der Waals surface area contributed by atoms with Gasteiger partial charge in [0.25, 0.3) is 0 Å². The van der Waals surface area contributed by atoms with Crippen LogP contribution in [0.4, 0.5) is 0 Å². The Morgan fingerprint density at radius 3 is 1.37 bits per heavy atom. The Morgan fingerprint density at radius 1 is 0.600 bits per heavy atom. The van der Waals surface area contributed by atoms with Crippen LogP contribution in [0.3, 0.4) is 0 Å². The van der Waals surface area contributed by atoms with Crippen molar-refractivity contribution in [1.82, 2.24) is 0 Å². The van der Waals surface area contributed by atoms with Gasteiger partial charge in [0.1, 0.15) is 0 Å². The Morgan fingerprint density at radius 2 is 0.967 bits per heavy atom. The van der Waals surface area contributed by atoms with Crippen LogP contribution in [0.25, 0.3) is 0 Å². The van der Waals surface area contributed by atoms with Gasteiger partial charge < -0.3 is 9.66 Å². The minimum atomic E-state index is -4.27. The molecule has 0 rings (SSSR count). The van der Waals surface area contributed by atoms with Gasteiger partial charge in [0, 0.05) is 5.25 Å². The predicted octanol–water partition coefficient (Wildman–Crippen LogP) is 4.11. The Balaban J connectivity index is 0. The van der Waals surface area contributed by atoms with E-state index in [1.165, 1.54) is 70.6 Å². The van der Waals surface area contributed by atoms with E-state index in [2.05, 4.69) is 13.8 Å². The molecule has 0 fully saturated rings. The average molecular weight is 473 g/mol. The van der Waals surface area contributed by atoms with E-state index in [-0.39, 0.29) is 51.4 Å². The molecule has 1 N–H and O–H groups in total. The number of aliphatic hydroxyl groups is 1. The van der Waals surface area contributed by atoms with Gasteiger partial charge in [0.05, 0.1) is 16.2 Å². The fraction of sp³-hybridized carbons (Fsp3) is 1.00. The molecule has 2 atom stereocenters. The third kappa shape index (κ3) is 22.7. The van der Waals surface area contributed by atoms with Gasteiger partial charge in [0.15, 0.2) is 0 Å². The van der Waals surface area contributed by atoms with Crippen LogP contribution in [-0.2, 0) is 10.1 Å². The molecular formula is C24H49KO4S. The first-order valence-corrected chi connectivity index (χ1v) is 14.0. The van der Waals surface area contributed by atoms with E-state index in [9.17, 15) is 18.1 Å². The van der Waals surface area contributed by atoms with Crippen LogP contribution in [-0.4, -0.2) is 29.4 Å². The number of unbranched alkanes of at least 4 members (excludes halogenated alkanes) is 14. The third-order valence-corrected chi connectivity index (χ3v) is 7.29. The number of rotatable bonds is 22. The first kappa shape index (κ1) is 33.7. The van der Waals surface area contributed by atoms with Crippen molar-refractivity contribution in [2.24, 2.45) is 0 Å². The maximum absolute atomic E-state index is 11.6. The maximum Gasteiger partial charge on any atom is 1.00 e. The van der Waals surface area contributed by atoms with Gasteiger partial charge in [-0.3, -0.25) is 0 Å².